The average molecular weight is 644 g/mol. The van der Waals surface area contributed by atoms with Crippen molar-refractivity contribution < 1.29 is 4.39 Å². The van der Waals surface area contributed by atoms with Crippen molar-refractivity contribution in [2.45, 2.75) is 6.42 Å². The fraction of sp³-hybridized carbons (Fsp3) is 0.0217. The van der Waals surface area contributed by atoms with E-state index in [0.717, 1.165) is 28.9 Å². The molecule has 10 rings (SSSR count). The van der Waals surface area contributed by atoms with Gasteiger partial charge in [-0.2, -0.15) is 0 Å². The number of aromatic nitrogens is 2. The van der Waals surface area contributed by atoms with E-state index in [1.807, 2.05) is 29.2 Å². The summed E-state index contributed by atoms with van der Waals surface area (Å²) in [7, 11) is 0. The Kier molecular flexibility index (Phi) is 6.43. The Morgan fingerprint density at radius 3 is 2.28 bits per heavy atom. The highest BCUT2D eigenvalue weighted by molar-refractivity contribution is 6.24. The lowest BCUT2D eigenvalue weighted by Crippen LogP contribution is -2.13. The Morgan fingerprint density at radius 2 is 1.40 bits per heavy atom. The molecule has 0 spiro atoms. The number of para-hydroxylation sites is 2. The molecule has 0 atom stereocenters. The van der Waals surface area contributed by atoms with Gasteiger partial charge >= 0.3 is 0 Å². The molecule has 0 unspecified atom stereocenters. The van der Waals surface area contributed by atoms with E-state index in [2.05, 4.69) is 131 Å². The van der Waals surface area contributed by atoms with Crippen LogP contribution < -0.4 is 4.90 Å². The second-order valence-electron chi connectivity index (χ2n) is 13.0. The third-order valence-electron chi connectivity index (χ3n) is 10.0. The number of fused-ring (bicyclic) bond motifs is 3. The van der Waals surface area contributed by atoms with Crippen LogP contribution in [0.3, 0.4) is 0 Å². The van der Waals surface area contributed by atoms with E-state index in [1.165, 1.54) is 60.9 Å². The summed E-state index contributed by atoms with van der Waals surface area (Å²) in [4.78, 5) is 6.47. The summed E-state index contributed by atoms with van der Waals surface area (Å²) < 4.78 is 17.5. The Labute approximate surface area is 289 Å². The largest absolute Gasteiger partial charge is 0.309 e. The lowest BCUT2D eigenvalue weighted by atomic mass is 9.99. The first kappa shape index (κ1) is 28.5. The maximum atomic E-state index is 15.2. The second-order valence-corrected chi connectivity index (χ2v) is 13.0. The smallest absolute Gasteiger partial charge is 0.147 e. The highest BCUT2D eigenvalue weighted by Gasteiger charge is 2.23. The number of anilines is 3. The van der Waals surface area contributed by atoms with Gasteiger partial charge in [0.25, 0.3) is 0 Å². The van der Waals surface area contributed by atoms with E-state index in [1.54, 1.807) is 18.3 Å². The van der Waals surface area contributed by atoms with Gasteiger partial charge in [0, 0.05) is 28.3 Å². The standard InChI is InChI=1S/C46H30FN3/c47-40-12-4-5-13-41(40)50(44-15-6-7-24-48-44)37-22-21-33-28-35-25-30(18-23-38(35)39(33)29-37)16-17-31-26-34-20-19-32-9-8-14-42-45(32)46(34)43(27-31)49(42)36-10-2-1-3-11-36/h1-27,29H,28H2. The van der Waals surface area contributed by atoms with Gasteiger partial charge in [0.2, 0.25) is 0 Å². The molecule has 0 saturated carbocycles. The summed E-state index contributed by atoms with van der Waals surface area (Å²) in [5.74, 6) is 0.380. The third-order valence-corrected chi connectivity index (χ3v) is 10.0. The van der Waals surface area contributed by atoms with Crippen LogP contribution in [0.2, 0.25) is 0 Å². The van der Waals surface area contributed by atoms with Crippen molar-refractivity contribution in [3.05, 3.63) is 186 Å². The Hall–Kier alpha value is -6.52. The zero-order valence-corrected chi connectivity index (χ0v) is 27.1. The molecule has 9 aromatic rings. The van der Waals surface area contributed by atoms with Crippen LogP contribution in [0.25, 0.3) is 61.5 Å². The molecule has 3 nitrogen and oxygen atoms in total. The van der Waals surface area contributed by atoms with Crippen LogP contribution in [0.5, 0.6) is 0 Å². The monoisotopic (exact) mass is 643 g/mol. The lowest BCUT2D eigenvalue weighted by Gasteiger charge is -2.25. The first-order chi connectivity index (χ1) is 24.7. The molecule has 0 fully saturated rings. The fourth-order valence-electron chi connectivity index (χ4n) is 7.81. The summed E-state index contributed by atoms with van der Waals surface area (Å²) in [6.45, 7) is 0. The number of benzene rings is 7. The van der Waals surface area contributed by atoms with E-state index in [9.17, 15) is 0 Å². The number of rotatable bonds is 6. The fourth-order valence-corrected chi connectivity index (χ4v) is 7.81. The first-order valence-electron chi connectivity index (χ1n) is 16.9. The topological polar surface area (TPSA) is 21.1 Å². The van der Waals surface area contributed by atoms with Gasteiger partial charge in [-0.15, -0.1) is 0 Å². The maximum absolute atomic E-state index is 15.2. The summed E-state index contributed by atoms with van der Waals surface area (Å²) in [5, 5.41) is 5.14. The van der Waals surface area contributed by atoms with Gasteiger partial charge in [-0.05, 0) is 117 Å². The average Bonchev–Trinajstić information content (AvgIpc) is 3.70. The molecule has 1 aliphatic carbocycles. The SMILES string of the molecule is Fc1ccccc1N(c1ccc2c(c1)-c1ccc(C=Cc3cc4ccc5cccc6c5c4c(c3)n6-c3ccccc3)cc1C2)c1ccccn1. The van der Waals surface area contributed by atoms with Gasteiger partial charge in [-0.1, -0.05) is 97.1 Å². The molecule has 0 saturated heterocycles. The Morgan fingerprint density at radius 1 is 0.580 bits per heavy atom. The highest BCUT2D eigenvalue weighted by Crippen LogP contribution is 2.43. The normalized spacial score (nSPS) is 12.3. The second kappa shape index (κ2) is 11.3. The van der Waals surface area contributed by atoms with Crippen LogP contribution in [0.4, 0.5) is 21.6 Å². The molecule has 0 radical (unpaired) electrons. The van der Waals surface area contributed by atoms with Crippen LogP contribution in [0.15, 0.2) is 158 Å². The molecule has 4 heteroatoms. The predicted molar refractivity (Wildman–Crippen MR) is 206 cm³/mol. The van der Waals surface area contributed by atoms with E-state index in [-0.39, 0.29) is 5.82 Å². The van der Waals surface area contributed by atoms with Gasteiger partial charge in [-0.25, -0.2) is 9.37 Å². The van der Waals surface area contributed by atoms with Crippen molar-refractivity contribution in [3.8, 4) is 16.8 Å². The van der Waals surface area contributed by atoms with E-state index >= 15 is 4.39 Å². The Bertz CT molecular complexity index is 2740. The summed E-state index contributed by atoms with van der Waals surface area (Å²) in [5.41, 5.74) is 12.2. The summed E-state index contributed by atoms with van der Waals surface area (Å²) in [6.07, 6.45) is 7.05. The van der Waals surface area contributed by atoms with Crippen LogP contribution in [0.1, 0.15) is 22.3 Å². The number of halogens is 1. The van der Waals surface area contributed by atoms with E-state index < -0.39 is 0 Å². The molecule has 1 aliphatic rings. The molecular formula is C46H30FN3. The van der Waals surface area contributed by atoms with E-state index in [0.29, 0.717) is 11.5 Å². The Balaban J connectivity index is 1.02. The van der Waals surface area contributed by atoms with E-state index in [4.69, 9.17) is 0 Å². The first-order valence-corrected chi connectivity index (χ1v) is 16.9. The molecule has 7 aromatic carbocycles. The van der Waals surface area contributed by atoms with Crippen molar-refractivity contribution in [2.24, 2.45) is 0 Å². The molecule has 0 amide bonds. The van der Waals surface area contributed by atoms with Gasteiger partial charge in [0.1, 0.15) is 11.6 Å². The van der Waals surface area contributed by atoms with Crippen molar-refractivity contribution in [1.29, 1.82) is 0 Å². The minimum Gasteiger partial charge on any atom is -0.309 e. The molecule has 50 heavy (non-hydrogen) atoms. The van der Waals surface area contributed by atoms with Crippen LogP contribution in [0, 0.1) is 5.82 Å². The number of nitrogens with zero attached hydrogens (tertiary/aromatic N) is 3. The molecule has 0 bridgehead atoms. The van der Waals surface area contributed by atoms with Crippen LogP contribution in [-0.2, 0) is 6.42 Å². The molecular weight excluding hydrogens is 614 g/mol. The van der Waals surface area contributed by atoms with Crippen molar-refractivity contribution in [2.75, 3.05) is 4.90 Å². The van der Waals surface area contributed by atoms with Gasteiger partial charge in [0.15, 0.2) is 0 Å². The summed E-state index contributed by atoms with van der Waals surface area (Å²) in [6, 6.07) is 52.0. The number of hydrogen-bond donors (Lipinski definition) is 0. The maximum Gasteiger partial charge on any atom is 0.147 e. The molecule has 2 aromatic heterocycles. The van der Waals surface area contributed by atoms with Crippen LogP contribution in [-0.4, -0.2) is 9.55 Å². The minimum absolute atomic E-state index is 0.291. The van der Waals surface area contributed by atoms with Gasteiger partial charge < -0.3 is 4.57 Å². The quantitative estimate of drug-likeness (QED) is 0.133. The number of hydrogen-bond acceptors (Lipinski definition) is 2. The van der Waals surface area contributed by atoms with Crippen LogP contribution >= 0.6 is 0 Å². The molecule has 2 heterocycles. The van der Waals surface area contributed by atoms with Gasteiger partial charge in [-0.3, -0.25) is 4.90 Å². The molecule has 236 valence electrons. The zero-order valence-electron chi connectivity index (χ0n) is 27.1. The lowest BCUT2D eigenvalue weighted by molar-refractivity contribution is 0.628. The summed E-state index contributed by atoms with van der Waals surface area (Å²) >= 11 is 0. The van der Waals surface area contributed by atoms with Gasteiger partial charge in [0.05, 0.1) is 16.7 Å². The zero-order chi connectivity index (χ0) is 33.2. The minimum atomic E-state index is -0.291. The third kappa shape index (κ3) is 4.53. The highest BCUT2D eigenvalue weighted by atomic mass is 19.1. The molecule has 0 N–H and O–H groups in total. The van der Waals surface area contributed by atoms with Crippen molar-refractivity contribution in [3.63, 3.8) is 0 Å². The predicted octanol–water partition coefficient (Wildman–Crippen LogP) is 12.1. The number of pyridine rings is 1. The molecule has 0 aliphatic heterocycles. The van der Waals surface area contributed by atoms with Crippen molar-refractivity contribution in [1.82, 2.24) is 9.55 Å². The van der Waals surface area contributed by atoms with Crippen molar-refractivity contribution >= 4 is 61.9 Å².